The van der Waals surface area contributed by atoms with Crippen LogP contribution in [0.2, 0.25) is 0 Å². The van der Waals surface area contributed by atoms with Gasteiger partial charge in [0.1, 0.15) is 0 Å². The second-order valence-corrected chi connectivity index (χ2v) is 4.76. The molecule has 0 saturated carbocycles. The minimum absolute atomic E-state index is 0.316. The summed E-state index contributed by atoms with van der Waals surface area (Å²) >= 11 is 0. The number of nitrogens with zero attached hydrogens (tertiary/aromatic N) is 2. The van der Waals surface area contributed by atoms with Crippen LogP contribution in [0.15, 0.2) is 18.5 Å². The monoisotopic (exact) mass is 220 g/mol. The summed E-state index contributed by atoms with van der Waals surface area (Å²) in [6, 6.07) is 2.25. The van der Waals surface area contributed by atoms with Gasteiger partial charge in [0.25, 0.3) is 0 Å². The van der Waals surface area contributed by atoms with Crippen LogP contribution in [0.3, 0.4) is 0 Å². The summed E-state index contributed by atoms with van der Waals surface area (Å²) in [6.45, 7) is 9.25. The Balaban J connectivity index is 2.16. The molecule has 0 spiro atoms. The molecule has 0 N–H and O–H groups in total. The Morgan fingerprint density at radius 3 is 2.94 bits per heavy atom. The quantitative estimate of drug-likeness (QED) is 0.765. The van der Waals surface area contributed by atoms with Gasteiger partial charge in [0, 0.05) is 19.3 Å². The average molecular weight is 220 g/mol. The zero-order chi connectivity index (χ0) is 11.5. The van der Waals surface area contributed by atoms with Crippen LogP contribution in [0.5, 0.6) is 0 Å². The van der Waals surface area contributed by atoms with Gasteiger partial charge in [-0.3, -0.25) is 4.98 Å². The molecule has 1 fully saturated rings. The number of anilines is 1. The zero-order valence-corrected chi connectivity index (χ0v) is 10.3. The highest BCUT2D eigenvalue weighted by Crippen LogP contribution is 2.21. The van der Waals surface area contributed by atoms with Gasteiger partial charge in [0.05, 0.1) is 24.6 Å². The van der Waals surface area contributed by atoms with E-state index in [-0.39, 0.29) is 0 Å². The SMILES string of the molecule is CC1CN(c2cncc(C(C)C)c2)CCO1. The Bertz CT molecular complexity index is 352. The molecule has 1 aliphatic heterocycles. The first kappa shape index (κ1) is 11.4. The van der Waals surface area contributed by atoms with Crippen LogP contribution < -0.4 is 4.90 Å². The third-order valence-corrected chi connectivity index (χ3v) is 3.02. The maximum atomic E-state index is 5.55. The Hall–Kier alpha value is -1.09. The molecule has 0 aromatic carbocycles. The van der Waals surface area contributed by atoms with Gasteiger partial charge in [-0.25, -0.2) is 0 Å². The number of hydrogen-bond acceptors (Lipinski definition) is 3. The Morgan fingerprint density at radius 2 is 2.25 bits per heavy atom. The van der Waals surface area contributed by atoms with E-state index < -0.39 is 0 Å². The molecule has 1 aromatic heterocycles. The predicted molar refractivity (Wildman–Crippen MR) is 66.0 cm³/mol. The third-order valence-electron chi connectivity index (χ3n) is 3.02. The number of aromatic nitrogens is 1. The van der Waals surface area contributed by atoms with Gasteiger partial charge in [-0.2, -0.15) is 0 Å². The lowest BCUT2D eigenvalue weighted by Gasteiger charge is -2.33. The minimum Gasteiger partial charge on any atom is -0.375 e. The van der Waals surface area contributed by atoms with Crippen LogP contribution in [0, 0.1) is 0 Å². The van der Waals surface area contributed by atoms with Crippen molar-refractivity contribution in [3.05, 3.63) is 24.0 Å². The average Bonchev–Trinajstić information content (AvgIpc) is 2.29. The highest BCUT2D eigenvalue weighted by molar-refractivity contribution is 5.47. The van der Waals surface area contributed by atoms with E-state index in [1.165, 1.54) is 11.3 Å². The fourth-order valence-corrected chi connectivity index (χ4v) is 1.99. The van der Waals surface area contributed by atoms with Crippen LogP contribution in [0.1, 0.15) is 32.3 Å². The summed E-state index contributed by atoms with van der Waals surface area (Å²) in [5.74, 6) is 0.533. The van der Waals surface area contributed by atoms with E-state index in [4.69, 9.17) is 4.74 Å². The van der Waals surface area contributed by atoms with E-state index in [2.05, 4.69) is 36.7 Å². The molecule has 88 valence electrons. The standard InChI is InChI=1S/C13H20N2O/c1-10(2)12-6-13(8-14-7-12)15-4-5-16-11(3)9-15/h6-8,10-11H,4-5,9H2,1-3H3. The van der Waals surface area contributed by atoms with Gasteiger partial charge < -0.3 is 9.64 Å². The molecule has 1 atom stereocenters. The molecule has 1 aliphatic rings. The lowest BCUT2D eigenvalue weighted by atomic mass is 10.1. The Kier molecular flexibility index (Phi) is 3.44. The van der Waals surface area contributed by atoms with Crippen LogP contribution in [-0.4, -0.2) is 30.8 Å². The minimum atomic E-state index is 0.316. The van der Waals surface area contributed by atoms with Crippen LogP contribution >= 0.6 is 0 Å². The lowest BCUT2D eigenvalue weighted by Crippen LogP contribution is -2.41. The maximum Gasteiger partial charge on any atom is 0.0722 e. The number of ether oxygens (including phenoxy) is 1. The van der Waals surface area contributed by atoms with Crippen LogP contribution in [-0.2, 0) is 4.74 Å². The molecule has 0 bridgehead atoms. The fourth-order valence-electron chi connectivity index (χ4n) is 1.99. The number of pyridine rings is 1. The smallest absolute Gasteiger partial charge is 0.0722 e. The maximum absolute atomic E-state index is 5.55. The molecular formula is C13H20N2O. The lowest BCUT2D eigenvalue weighted by molar-refractivity contribution is 0.0532. The first-order chi connectivity index (χ1) is 7.66. The first-order valence-corrected chi connectivity index (χ1v) is 5.98. The van der Waals surface area contributed by atoms with Crippen molar-refractivity contribution in [3.8, 4) is 0 Å². The second-order valence-electron chi connectivity index (χ2n) is 4.76. The molecule has 1 unspecified atom stereocenters. The van der Waals surface area contributed by atoms with Gasteiger partial charge in [0.15, 0.2) is 0 Å². The van der Waals surface area contributed by atoms with Gasteiger partial charge in [-0.15, -0.1) is 0 Å². The van der Waals surface area contributed by atoms with Crippen molar-refractivity contribution in [2.24, 2.45) is 0 Å². The molecule has 2 heterocycles. The van der Waals surface area contributed by atoms with E-state index in [0.717, 1.165) is 19.7 Å². The molecule has 1 aromatic rings. The molecule has 3 nitrogen and oxygen atoms in total. The Labute approximate surface area is 97.4 Å². The van der Waals surface area contributed by atoms with Gasteiger partial charge in [0.2, 0.25) is 0 Å². The van der Waals surface area contributed by atoms with Crippen molar-refractivity contribution in [2.45, 2.75) is 32.8 Å². The van der Waals surface area contributed by atoms with Gasteiger partial charge in [-0.05, 0) is 24.5 Å². The van der Waals surface area contributed by atoms with E-state index in [1.807, 2.05) is 12.4 Å². The summed E-state index contributed by atoms with van der Waals surface area (Å²) in [6.07, 6.45) is 4.22. The summed E-state index contributed by atoms with van der Waals surface area (Å²) < 4.78 is 5.55. The van der Waals surface area contributed by atoms with E-state index >= 15 is 0 Å². The first-order valence-electron chi connectivity index (χ1n) is 5.98. The largest absolute Gasteiger partial charge is 0.375 e. The topological polar surface area (TPSA) is 25.4 Å². The summed E-state index contributed by atoms with van der Waals surface area (Å²) in [7, 11) is 0. The van der Waals surface area contributed by atoms with Crippen molar-refractivity contribution in [1.82, 2.24) is 4.98 Å². The molecule has 1 saturated heterocycles. The molecule has 2 rings (SSSR count). The van der Waals surface area contributed by atoms with Crippen molar-refractivity contribution in [1.29, 1.82) is 0 Å². The molecule has 16 heavy (non-hydrogen) atoms. The van der Waals surface area contributed by atoms with E-state index in [1.54, 1.807) is 0 Å². The van der Waals surface area contributed by atoms with E-state index in [9.17, 15) is 0 Å². The van der Waals surface area contributed by atoms with Crippen LogP contribution in [0.25, 0.3) is 0 Å². The normalized spacial score (nSPS) is 21.5. The zero-order valence-electron chi connectivity index (χ0n) is 10.3. The van der Waals surface area contributed by atoms with Crippen molar-refractivity contribution < 1.29 is 4.74 Å². The number of rotatable bonds is 2. The van der Waals surface area contributed by atoms with Gasteiger partial charge in [-0.1, -0.05) is 13.8 Å². The molecule has 0 radical (unpaired) electrons. The van der Waals surface area contributed by atoms with Crippen LogP contribution in [0.4, 0.5) is 5.69 Å². The molecule has 0 amide bonds. The van der Waals surface area contributed by atoms with Crippen molar-refractivity contribution in [2.75, 3.05) is 24.6 Å². The fraction of sp³-hybridized carbons (Fsp3) is 0.615. The highest BCUT2D eigenvalue weighted by atomic mass is 16.5. The third kappa shape index (κ3) is 2.53. The summed E-state index contributed by atoms with van der Waals surface area (Å²) in [5, 5.41) is 0. The summed E-state index contributed by atoms with van der Waals surface area (Å²) in [4.78, 5) is 6.68. The Morgan fingerprint density at radius 1 is 1.44 bits per heavy atom. The second kappa shape index (κ2) is 4.83. The highest BCUT2D eigenvalue weighted by Gasteiger charge is 2.17. The van der Waals surface area contributed by atoms with Gasteiger partial charge >= 0.3 is 0 Å². The van der Waals surface area contributed by atoms with E-state index in [0.29, 0.717) is 12.0 Å². The molecule has 3 heteroatoms. The predicted octanol–water partition coefficient (Wildman–Crippen LogP) is 2.43. The number of hydrogen-bond donors (Lipinski definition) is 0. The summed E-state index contributed by atoms with van der Waals surface area (Å²) in [5.41, 5.74) is 2.53. The van der Waals surface area contributed by atoms with Crippen molar-refractivity contribution in [3.63, 3.8) is 0 Å². The molecule has 0 aliphatic carbocycles. The number of morpholine rings is 1. The molecular weight excluding hydrogens is 200 g/mol. The van der Waals surface area contributed by atoms with Crippen molar-refractivity contribution >= 4 is 5.69 Å².